The highest BCUT2D eigenvalue weighted by Gasteiger charge is 2.24. The van der Waals surface area contributed by atoms with Gasteiger partial charge in [-0.1, -0.05) is 28.9 Å². The highest BCUT2D eigenvalue weighted by molar-refractivity contribution is 8.04. The molecule has 0 bridgehead atoms. The molecule has 54 heavy (non-hydrogen) atoms. The first-order valence-corrected chi connectivity index (χ1v) is 20.9. The summed E-state index contributed by atoms with van der Waals surface area (Å²) in [5.74, 6) is -0.939. The molecule has 0 aliphatic heterocycles. The van der Waals surface area contributed by atoms with Crippen molar-refractivity contribution in [2.75, 3.05) is 11.6 Å². The third-order valence-corrected chi connectivity index (χ3v) is 10.4. The molecule has 0 aliphatic carbocycles. The molecule has 6 N–H and O–H groups in total. The second kappa shape index (κ2) is 16.7. The van der Waals surface area contributed by atoms with Crippen LogP contribution < -0.4 is 5.32 Å². The van der Waals surface area contributed by atoms with Crippen LogP contribution in [0.5, 0.6) is 5.75 Å². The second-order valence-electron chi connectivity index (χ2n) is 9.74. The molecule has 0 amide bonds. The third kappa shape index (κ3) is 10.1. The Morgan fingerprint density at radius 1 is 0.907 bits per heavy atom. The molecule has 5 aromatic rings. The van der Waals surface area contributed by atoms with Gasteiger partial charge in [0.15, 0.2) is 17.0 Å². The van der Waals surface area contributed by atoms with Crippen LogP contribution in [0, 0.1) is 11.4 Å². The van der Waals surface area contributed by atoms with Crippen LogP contribution in [0.25, 0.3) is 21.5 Å². The van der Waals surface area contributed by atoms with Crippen molar-refractivity contribution in [1.29, 1.82) is 0 Å². The first-order valence-electron chi connectivity index (χ1n) is 13.5. The van der Waals surface area contributed by atoms with E-state index in [2.05, 4.69) is 54.3 Å². The summed E-state index contributed by atoms with van der Waals surface area (Å²) in [5.41, 5.74) is -1.10. The third-order valence-electron chi connectivity index (χ3n) is 6.40. The standard InChI is InChI=1S/C26H17ClN6O15S6/c1-49-26-30-24(27)29-25(31-26)28-18-11-15(52(36,37)38)9-13-10-19(51-47-46-35)21(22(34)20(13)18)33-32-17-5-2-12-8-14(50-7-6-45-48-54(42,43)44)3-4-16(12)23(17)53(39,40)41/h2-5,8-11,34-35H,1H3,(H,36,37,38)(H,39,40,41)(H,42,43,44)(H,28,29,30,31). The van der Waals surface area contributed by atoms with E-state index in [1.54, 1.807) is 6.26 Å². The maximum Gasteiger partial charge on any atom is 0.433 e. The Morgan fingerprint density at radius 2 is 1.67 bits per heavy atom. The van der Waals surface area contributed by atoms with Crippen LogP contribution in [-0.4, -0.2) is 70.5 Å². The SMILES string of the molecule is CSc1nc(Cl)nc(Nc2cc(S(=O)(=O)O)cc3cc(SOOO)c(N=Nc4ccc5cc(SC#COOS(=O)(=O)O)ccc5c4S(=O)(=O)O)c(O)c23)n1. The number of rotatable bonds is 13. The second-order valence-corrected chi connectivity index (χ2v) is 16.2. The zero-order valence-corrected chi connectivity index (χ0v) is 31.7. The maximum absolute atomic E-state index is 12.6. The van der Waals surface area contributed by atoms with Crippen molar-refractivity contribution in [1.82, 2.24) is 15.0 Å². The molecule has 0 unspecified atom stereocenters. The van der Waals surface area contributed by atoms with Crippen LogP contribution in [0.2, 0.25) is 5.28 Å². The van der Waals surface area contributed by atoms with Crippen molar-refractivity contribution in [2.24, 2.45) is 10.2 Å². The van der Waals surface area contributed by atoms with Crippen LogP contribution >= 0.6 is 47.2 Å². The average molecular weight is 881 g/mol. The van der Waals surface area contributed by atoms with Gasteiger partial charge in [0.1, 0.15) is 16.3 Å². The number of fused-ring (bicyclic) bond motifs is 2. The molecule has 284 valence electrons. The Morgan fingerprint density at radius 3 is 2.33 bits per heavy atom. The van der Waals surface area contributed by atoms with Crippen LogP contribution in [0.4, 0.5) is 23.0 Å². The van der Waals surface area contributed by atoms with Gasteiger partial charge >= 0.3 is 10.4 Å². The van der Waals surface area contributed by atoms with Crippen LogP contribution in [-0.2, 0) is 49.2 Å². The van der Waals surface area contributed by atoms with Crippen molar-refractivity contribution in [2.45, 2.75) is 24.7 Å². The van der Waals surface area contributed by atoms with Gasteiger partial charge in [-0.2, -0.15) is 40.2 Å². The summed E-state index contributed by atoms with van der Waals surface area (Å²) in [5, 5.41) is 37.0. The first kappa shape index (κ1) is 41.1. The molecule has 1 aromatic heterocycles. The lowest BCUT2D eigenvalue weighted by molar-refractivity contribution is -0.432. The molecule has 28 heteroatoms. The fourth-order valence-electron chi connectivity index (χ4n) is 4.46. The Bertz CT molecular complexity index is 2730. The molecule has 1 heterocycles. The molecule has 0 fully saturated rings. The summed E-state index contributed by atoms with van der Waals surface area (Å²) in [6.45, 7) is 0. The molecular weight excluding hydrogens is 864 g/mol. The van der Waals surface area contributed by atoms with Gasteiger partial charge in [0.25, 0.3) is 20.2 Å². The largest absolute Gasteiger partial charge is 0.505 e. The lowest BCUT2D eigenvalue weighted by atomic mass is 10.1. The molecular formula is C26H17ClN6O15S6. The van der Waals surface area contributed by atoms with Gasteiger partial charge in [-0.25, -0.2) is 5.26 Å². The van der Waals surface area contributed by atoms with E-state index in [0.717, 1.165) is 41.7 Å². The Balaban J connectivity index is 1.64. The molecule has 21 nitrogen and oxygen atoms in total. The zero-order valence-electron chi connectivity index (χ0n) is 26.0. The quantitative estimate of drug-likeness (QED) is 0.0148. The average Bonchev–Trinajstić information content (AvgIpc) is 3.08. The van der Waals surface area contributed by atoms with Gasteiger partial charge in [-0.05, 0) is 81.1 Å². The summed E-state index contributed by atoms with van der Waals surface area (Å²) < 4.78 is 107. The topological polar surface area (TPSA) is 316 Å². The maximum atomic E-state index is 12.6. The van der Waals surface area contributed by atoms with Crippen molar-refractivity contribution < 1.29 is 67.9 Å². The lowest BCUT2D eigenvalue weighted by Crippen LogP contribution is -2.04. The first-order chi connectivity index (χ1) is 25.4. The van der Waals surface area contributed by atoms with Gasteiger partial charge in [-0.15, -0.1) is 14.6 Å². The number of azo groups is 1. The van der Waals surface area contributed by atoms with Crippen LogP contribution in [0.15, 0.2) is 83.5 Å². The number of benzene rings is 4. The molecule has 0 radical (unpaired) electrons. The van der Waals surface area contributed by atoms with Crippen molar-refractivity contribution in [3.8, 4) is 17.1 Å². The van der Waals surface area contributed by atoms with E-state index in [4.69, 9.17) is 21.4 Å². The van der Waals surface area contributed by atoms with E-state index in [0.29, 0.717) is 4.90 Å². The highest BCUT2D eigenvalue weighted by Crippen LogP contribution is 2.48. The van der Waals surface area contributed by atoms with Gasteiger partial charge in [-0.3, -0.25) is 18.5 Å². The highest BCUT2D eigenvalue weighted by atomic mass is 35.5. The summed E-state index contributed by atoms with van der Waals surface area (Å²) in [6.07, 6.45) is 3.51. The zero-order chi connectivity index (χ0) is 39.4. The Kier molecular flexibility index (Phi) is 12.7. The fraction of sp³-hybridized carbons (Fsp3) is 0.0385. The molecule has 0 spiro atoms. The minimum Gasteiger partial charge on any atom is -0.505 e. The smallest absolute Gasteiger partial charge is 0.433 e. The van der Waals surface area contributed by atoms with Gasteiger partial charge in [0, 0.05) is 20.9 Å². The molecule has 0 atom stereocenters. The van der Waals surface area contributed by atoms with Gasteiger partial charge < -0.3 is 10.4 Å². The number of anilines is 2. The van der Waals surface area contributed by atoms with E-state index in [1.165, 1.54) is 30.3 Å². The number of aromatic nitrogens is 3. The van der Waals surface area contributed by atoms with Gasteiger partial charge in [0.05, 0.1) is 27.5 Å². The van der Waals surface area contributed by atoms with Crippen LogP contribution in [0.1, 0.15) is 0 Å². The number of hydrogen-bond donors (Lipinski definition) is 6. The Labute approximate surface area is 320 Å². The summed E-state index contributed by atoms with van der Waals surface area (Å²) >= 11 is 8.14. The fourth-order valence-corrected chi connectivity index (χ4v) is 7.54. The number of hydrogen-bond acceptors (Lipinski definition) is 21. The van der Waals surface area contributed by atoms with Crippen molar-refractivity contribution in [3.63, 3.8) is 0 Å². The number of nitrogens with zero attached hydrogens (tertiary/aromatic N) is 5. The minimum atomic E-state index is -5.03. The normalized spacial score (nSPS) is 12.3. The summed E-state index contributed by atoms with van der Waals surface area (Å²) in [7, 11) is -14.8. The number of nitrogens with one attached hydrogen (secondary N) is 1. The van der Waals surface area contributed by atoms with Gasteiger partial charge in [0.2, 0.25) is 11.2 Å². The van der Waals surface area contributed by atoms with E-state index in [1.807, 2.05) is 6.11 Å². The molecule has 5 rings (SSSR count). The minimum absolute atomic E-state index is 0.0450. The number of thioether (sulfide) groups is 2. The van der Waals surface area contributed by atoms with Crippen molar-refractivity contribution >= 4 is 122 Å². The lowest BCUT2D eigenvalue weighted by Gasteiger charge is -2.15. The predicted molar refractivity (Wildman–Crippen MR) is 191 cm³/mol. The predicted octanol–water partition coefficient (Wildman–Crippen LogP) is 6.10. The molecule has 0 aliphatic rings. The number of aromatic hydroxyl groups is 1. The van der Waals surface area contributed by atoms with Crippen molar-refractivity contribution in [3.05, 3.63) is 53.8 Å². The Hall–Kier alpha value is -4.12. The van der Waals surface area contributed by atoms with E-state index in [9.17, 15) is 39.5 Å². The number of halogens is 1. The van der Waals surface area contributed by atoms with E-state index >= 15 is 0 Å². The van der Waals surface area contributed by atoms with E-state index in [-0.39, 0.29) is 60.6 Å². The molecule has 0 saturated heterocycles. The number of phenols is 1. The molecule has 0 saturated carbocycles. The summed E-state index contributed by atoms with van der Waals surface area (Å²) in [4.78, 5) is 14.9. The monoisotopic (exact) mass is 880 g/mol. The van der Waals surface area contributed by atoms with Crippen LogP contribution in [0.3, 0.4) is 0 Å². The number of phenolic OH excluding ortho intramolecular Hbond substituents is 1. The summed E-state index contributed by atoms with van der Waals surface area (Å²) in [6, 6.07) is 9.78. The van der Waals surface area contributed by atoms with E-state index < -0.39 is 57.6 Å². The molecule has 4 aromatic carbocycles.